The number of rotatable bonds is 4. The van der Waals surface area contributed by atoms with Gasteiger partial charge in [0.2, 0.25) is 5.91 Å². The quantitative estimate of drug-likeness (QED) is 0.775. The van der Waals surface area contributed by atoms with Crippen molar-refractivity contribution >= 4 is 34.6 Å². The maximum atomic E-state index is 14.8. The number of nitrogens with zero attached hydrogens (tertiary/aromatic N) is 4. The number of benzene rings is 1. The van der Waals surface area contributed by atoms with Gasteiger partial charge in [0, 0.05) is 25.4 Å². The van der Waals surface area contributed by atoms with Gasteiger partial charge in [-0.2, -0.15) is 5.10 Å². The fourth-order valence-corrected chi connectivity index (χ4v) is 4.18. The second-order valence-electron chi connectivity index (χ2n) is 7.69. The molecule has 1 aromatic carbocycles. The molecule has 2 aliphatic heterocycles. The number of fused-ring (bicyclic) bond motifs is 1. The van der Waals surface area contributed by atoms with Crippen molar-refractivity contribution in [1.82, 2.24) is 20.0 Å². The maximum absolute atomic E-state index is 14.8. The number of urea groups is 1. The number of aromatic nitrogens is 2. The molecule has 160 valence electrons. The highest BCUT2D eigenvalue weighted by Crippen LogP contribution is 2.41. The van der Waals surface area contributed by atoms with Gasteiger partial charge in [0.25, 0.3) is 5.92 Å². The highest BCUT2D eigenvalue weighted by molar-refractivity contribution is 6.08. The van der Waals surface area contributed by atoms with E-state index in [0.717, 1.165) is 0 Å². The largest absolute Gasteiger partial charge is 0.480 e. The number of alkyl halides is 2. The van der Waals surface area contributed by atoms with Gasteiger partial charge in [0.05, 0.1) is 24.5 Å². The number of aryl methyl sites for hydroxylation is 1. The van der Waals surface area contributed by atoms with Gasteiger partial charge >= 0.3 is 12.0 Å². The molecule has 1 atom stereocenters. The van der Waals surface area contributed by atoms with Gasteiger partial charge in [0.15, 0.2) is 5.82 Å². The summed E-state index contributed by atoms with van der Waals surface area (Å²) in [5.41, 5.74) is 1.03. The molecular formula is C19H21F2N5O4. The van der Waals surface area contributed by atoms with Gasteiger partial charge in [-0.25, -0.2) is 13.6 Å². The Kier molecular flexibility index (Phi) is 4.92. The maximum Gasteiger partial charge on any atom is 0.329 e. The number of amides is 3. The number of carbonyl (C=O) groups is 3. The minimum Gasteiger partial charge on any atom is -0.480 e. The van der Waals surface area contributed by atoms with Crippen molar-refractivity contribution < 1.29 is 28.3 Å². The number of piperidine rings is 1. The van der Waals surface area contributed by atoms with Crippen LogP contribution < -0.4 is 10.2 Å². The van der Waals surface area contributed by atoms with Crippen LogP contribution in [0, 0.1) is 0 Å². The number of carbonyl (C=O) groups excluding carboxylic acids is 2. The van der Waals surface area contributed by atoms with Crippen LogP contribution in [0.25, 0.3) is 10.9 Å². The summed E-state index contributed by atoms with van der Waals surface area (Å²) in [5.74, 6) is -5.23. The fourth-order valence-electron chi connectivity index (χ4n) is 4.18. The lowest BCUT2D eigenvalue weighted by Gasteiger charge is -2.37. The summed E-state index contributed by atoms with van der Waals surface area (Å²) in [5, 5.41) is 16.1. The van der Waals surface area contributed by atoms with Crippen molar-refractivity contribution in [3.05, 3.63) is 23.8 Å². The first-order valence-electron chi connectivity index (χ1n) is 9.55. The Hall–Kier alpha value is -3.08. The molecule has 2 saturated heterocycles. The summed E-state index contributed by atoms with van der Waals surface area (Å²) in [6, 6.07) is 4.35. The number of carboxylic acid groups (broad SMARTS) is 1. The van der Waals surface area contributed by atoms with Crippen molar-refractivity contribution in [1.29, 1.82) is 0 Å². The van der Waals surface area contributed by atoms with Crippen molar-refractivity contribution in [2.45, 2.75) is 24.7 Å². The molecule has 2 fully saturated rings. The normalized spacial score (nSPS) is 22.4. The molecular weight excluding hydrogens is 400 g/mol. The molecule has 0 aliphatic carbocycles. The Bertz CT molecular complexity index is 1040. The summed E-state index contributed by atoms with van der Waals surface area (Å²) >= 11 is 0. The monoisotopic (exact) mass is 421 g/mol. The van der Waals surface area contributed by atoms with Gasteiger partial charge < -0.3 is 5.11 Å². The van der Waals surface area contributed by atoms with Crippen LogP contribution in [-0.2, 0) is 16.6 Å². The molecule has 2 N–H and O–H groups in total. The molecule has 0 saturated carbocycles. The number of nitrogens with one attached hydrogen (secondary N) is 1. The molecule has 9 nitrogen and oxygen atoms in total. The van der Waals surface area contributed by atoms with Crippen LogP contribution in [0.2, 0.25) is 0 Å². The average Bonchev–Trinajstić information content (AvgIpc) is 2.96. The lowest BCUT2D eigenvalue weighted by Crippen LogP contribution is -2.49. The summed E-state index contributed by atoms with van der Waals surface area (Å²) < 4.78 is 31.1. The van der Waals surface area contributed by atoms with Crippen LogP contribution in [0.4, 0.5) is 19.4 Å². The number of anilines is 1. The summed E-state index contributed by atoms with van der Waals surface area (Å²) in [6.07, 6.45) is 0.288. The van der Waals surface area contributed by atoms with E-state index in [1.807, 2.05) is 0 Å². The highest BCUT2D eigenvalue weighted by Gasteiger charge is 2.45. The standard InChI is InChI=1S/C19H21F2N5O4/c1-24-14-8-11(13-4-6-25(9-16(28)29)10-19(13,20)21)2-3-12(14)17(23-24)26-7-5-15(27)22-18(26)30/h2-3,8,13H,4-7,9-10H2,1H3,(H,28,29)(H,22,27,30)/t13-/m0/s1. The van der Waals surface area contributed by atoms with Gasteiger partial charge in [-0.15, -0.1) is 0 Å². The second-order valence-corrected chi connectivity index (χ2v) is 7.69. The summed E-state index contributed by atoms with van der Waals surface area (Å²) in [4.78, 5) is 37.0. The molecule has 0 bridgehead atoms. The minimum atomic E-state index is -3.07. The first-order valence-corrected chi connectivity index (χ1v) is 9.55. The third-order valence-electron chi connectivity index (χ3n) is 5.61. The lowest BCUT2D eigenvalue weighted by atomic mass is 9.86. The highest BCUT2D eigenvalue weighted by atomic mass is 19.3. The third-order valence-corrected chi connectivity index (χ3v) is 5.61. The van der Waals surface area contributed by atoms with Crippen LogP contribution in [0.5, 0.6) is 0 Å². The molecule has 0 unspecified atom stereocenters. The zero-order valence-electron chi connectivity index (χ0n) is 16.3. The zero-order valence-corrected chi connectivity index (χ0v) is 16.3. The van der Waals surface area contributed by atoms with Gasteiger partial charge in [-0.1, -0.05) is 6.07 Å². The molecule has 0 spiro atoms. The van der Waals surface area contributed by atoms with Crippen LogP contribution in [0.3, 0.4) is 0 Å². The van der Waals surface area contributed by atoms with Crippen molar-refractivity contribution in [3.63, 3.8) is 0 Å². The SMILES string of the molecule is Cn1nc(N2CCC(=O)NC2=O)c2ccc([C@@H]3CCN(CC(=O)O)CC3(F)F)cc21. The zero-order chi connectivity index (χ0) is 21.6. The molecule has 11 heteroatoms. The first-order chi connectivity index (χ1) is 14.2. The van der Waals surface area contributed by atoms with Crippen molar-refractivity contribution in [2.24, 2.45) is 7.05 Å². The number of hydrogen-bond acceptors (Lipinski definition) is 5. The molecule has 2 aromatic rings. The lowest BCUT2D eigenvalue weighted by molar-refractivity contribution is -0.142. The van der Waals surface area contributed by atoms with Gasteiger partial charge in [0.1, 0.15) is 0 Å². The van der Waals surface area contributed by atoms with Crippen molar-refractivity contribution in [2.75, 3.05) is 31.1 Å². The van der Waals surface area contributed by atoms with Gasteiger partial charge in [-0.3, -0.25) is 29.4 Å². The predicted octanol–water partition coefficient (Wildman–Crippen LogP) is 1.53. The Balaban J connectivity index is 1.63. The summed E-state index contributed by atoms with van der Waals surface area (Å²) in [6.45, 7) is -0.560. The van der Waals surface area contributed by atoms with E-state index in [-0.39, 0.29) is 31.8 Å². The molecule has 3 amide bonds. The Morgan fingerprint density at radius 3 is 2.77 bits per heavy atom. The number of hydrogen-bond donors (Lipinski definition) is 2. The van der Waals surface area contributed by atoms with E-state index in [1.54, 1.807) is 25.2 Å². The van der Waals surface area contributed by atoms with E-state index in [4.69, 9.17) is 5.11 Å². The van der Waals surface area contributed by atoms with E-state index in [0.29, 0.717) is 22.3 Å². The van der Waals surface area contributed by atoms with E-state index < -0.39 is 36.9 Å². The van der Waals surface area contributed by atoms with Crippen LogP contribution in [0.15, 0.2) is 18.2 Å². The number of likely N-dealkylation sites (tertiary alicyclic amines) is 1. The Labute approximate surface area is 170 Å². The molecule has 0 radical (unpaired) electrons. The number of aliphatic carboxylic acids is 1. The van der Waals surface area contributed by atoms with E-state index in [1.165, 1.54) is 14.5 Å². The van der Waals surface area contributed by atoms with Crippen molar-refractivity contribution in [3.8, 4) is 0 Å². The topological polar surface area (TPSA) is 108 Å². The molecule has 30 heavy (non-hydrogen) atoms. The fraction of sp³-hybridized carbons (Fsp3) is 0.474. The van der Waals surface area contributed by atoms with E-state index in [9.17, 15) is 23.2 Å². The average molecular weight is 421 g/mol. The third kappa shape index (κ3) is 3.60. The van der Waals surface area contributed by atoms with E-state index in [2.05, 4.69) is 10.4 Å². The van der Waals surface area contributed by atoms with E-state index >= 15 is 0 Å². The Morgan fingerprint density at radius 2 is 2.10 bits per heavy atom. The van der Waals surface area contributed by atoms with Crippen LogP contribution in [-0.4, -0.2) is 69.8 Å². The minimum absolute atomic E-state index is 0.132. The molecule has 4 rings (SSSR count). The van der Waals surface area contributed by atoms with Crippen LogP contribution >= 0.6 is 0 Å². The first kappa shape index (κ1) is 20.2. The van der Waals surface area contributed by atoms with Gasteiger partial charge in [-0.05, 0) is 30.7 Å². The second kappa shape index (κ2) is 7.31. The Morgan fingerprint density at radius 1 is 1.33 bits per heavy atom. The number of imide groups is 1. The molecule has 2 aliphatic rings. The predicted molar refractivity (Wildman–Crippen MR) is 103 cm³/mol. The van der Waals surface area contributed by atoms with Crippen LogP contribution in [0.1, 0.15) is 24.3 Å². The number of carboxylic acids is 1. The molecule has 3 heterocycles. The number of halogens is 2. The summed E-state index contributed by atoms with van der Waals surface area (Å²) in [7, 11) is 1.66. The smallest absolute Gasteiger partial charge is 0.329 e. The molecule has 1 aromatic heterocycles.